The van der Waals surface area contributed by atoms with Gasteiger partial charge in [0, 0.05) is 37.9 Å². The van der Waals surface area contributed by atoms with Crippen LogP contribution in [-0.4, -0.2) is 49.2 Å². The second-order valence-corrected chi connectivity index (χ2v) is 6.04. The Hall–Kier alpha value is -2.97. The van der Waals surface area contributed by atoms with Crippen LogP contribution in [0.2, 0.25) is 0 Å². The molecule has 6 nitrogen and oxygen atoms in total. The van der Waals surface area contributed by atoms with Crippen LogP contribution in [0.25, 0.3) is 0 Å². The van der Waals surface area contributed by atoms with Gasteiger partial charge in [-0.2, -0.15) is 13.2 Å². The Bertz CT molecular complexity index is 788. The minimum Gasteiger partial charge on any atom is -0.481 e. The highest BCUT2D eigenvalue weighted by atomic mass is 19.4. The number of rotatable bonds is 3. The van der Waals surface area contributed by atoms with Gasteiger partial charge in [-0.3, -0.25) is 0 Å². The van der Waals surface area contributed by atoms with Crippen molar-refractivity contribution >= 4 is 17.4 Å². The van der Waals surface area contributed by atoms with Gasteiger partial charge in [-0.15, -0.1) is 0 Å². The minimum absolute atomic E-state index is 0.273. The third kappa shape index (κ3) is 4.60. The number of halogens is 3. The Balaban J connectivity index is 1.57. The maximum Gasteiger partial charge on any atom is 0.416 e. The minimum atomic E-state index is -4.37. The first-order valence-electron chi connectivity index (χ1n) is 8.35. The smallest absolute Gasteiger partial charge is 0.416 e. The molecule has 2 amide bonds. The molecule has 0 saturated carbocycles. The highest BCUT2D eigenvalue weighted by Gasteiger charge is 2.31. The van der Waals surface area contributed by atoms with E-state index in [1.807, 2.05) is 4.90 Å². The summed E-state index contributed by atoms with van der Waals surface area (Å²) in [7, 11) is 1.50. The van der Waals surface area contributed by atoms with Crippen LogP contribution < -0.4 is 15.0 Å². The van der Waals surface area contributed by atoms with Crippen LogP contribution in [0.15, 0.2) is 42.6 Å². The summed E-state index contributed by atoms with van der Waals surface area (Å²) in [4.78, 5) is 19.8. The maximum atomic E-state index is 12.9. The number of amides is 2. The fraction of sp³-hybridized carbons (Fsp3) is 0.333. The van der Waals surface area contributed by atoms with Crippen LogP contribution in [0, 0.1) is 0 Å². The van der Waals surface area contributed by atoms with Gasteiger partial charge in [0.1, 0.15) is 0 Å². The molecule has 1 N–H and O–H groups in total. The average molecular weight is 380 g/mol. The van der Waals surface area contributed by atoms with E-state index >= 15 is 0 Å². The van der Waals surface area contributed by atoms with Crippen molar-refractivity contribution in [3.63, 3.8) is 0 Å². The SMILES string of the molecule is COc1ccc(NC(=O)N2CCN(c3cccc(C(F)(F)F)c3)CC2)cn1. The Morgan fingerprint density at radius 2 is 1.89 bits per heavy atom. The number of hydrogen-bond acceptors (Lipinski definition) is 4. The van der Waals surface area contributed by atoms with E-state index in [1.54, 1.807) is 23.1 Å². The molecular weight excluding hydrogens is 361 g/mol. The van der Waals surface area contributed by atoms with Crippen LogP contribution in [-0.2, 0) is 6.18 Å². The predicted molar refractivity (Wildman–Crippen MR) is 95.0 cm³/mol. The molecule has 9 heteroatoms. The molecule has 1 fully saturated rings. The number of hydrogen-bond donors (Lipinski definition) is 1. The topological polar surface area (TPSA) is 57.7 Å². The second-order valence-electron chi connectivity index (χ2n) is 6.04. The van der Waals surface area contributed by atoms with Crippen molar-refractivity contribution in [2.75, 3.05) is 43.5 Å². The van der Waals surface area contributed by atoms with Gasteiger partial charge < -0.3 is 19.9 Å². The molecular formula is C18H19F3N4O2. The summed E-state index contributed by atoms with van der Waals surface area (Å²) in [6.45, 7) is 1.72. The highest BCUT2D eigenvalue weighted by Crippen LogP contribution is 2.31. The number of carbonyl (C=O) groups is 1. The number of carbonyl (C=O) groups excluding carboxylic acids is 1. The molecule has 1 aliphatic heterocycles. The predicted octanol–water partition coefficient (Wildman–Crippen LogP) is 3.46. The maximum absolute atomic E-state index is 12.9. The molecule has 27 heavy (non-hydrogen) atoms. The fourth-order valence-electron chi connectivity index (χ4n) is 2.82. The van der Waals surface area contributed by atoms with Gasteiger partial charge >= 0.3 is 12.2 Å². The highest BCUT2D eigenvalue weighted by molar-refractivity contribution is 5.89. The van der Waals surface area contributed by atoms with Crippen LogP contribution in [0.4, 0.5) is 29.3 Å². The summed E-state index contributed by atoms with van der Waals surface area (Å²) < 4.78 is 43.6. The van der Waals surface area contributed by atoms with E-state index < -0.39 is 11.7 Å². The van der Waals surface area contributed by atoms with Gasteiger partial charge in [-0.25, -0.2) is 9.78 Å². The molecule has 1 saturated heterocycles. The van der Waals surface area contributed by atoms with Crippen LogP contribution >= 0.6 is 0 Å². The monoisotopic (exact) mass is 380 g/mol. The molecule has 0 unspecified atom stereocenters. The van der Waals surface area contributed by atoms with Crippen molar-refractivity contribution in [1.29, 1.82) is 0 Å². The van der Waals surface area contributed by atoms with Crippen molar-refractivity contribution in [2.24, 2.45) is 0 Å². The number of urea groups is 1. The number of nitrogens with one attached hydrogen (secondary N) is 1. The van der Waals surface area contributed by atoms with Crippen molar-refractivity contribution < 1.29 is 22.7 Å². The first-order valence-corrected chi connectivity index (χ1v) is 8.35. The number of piperazine rings is 1. The van der Waals surface area contributed by atoms with Crippen molar-refractivity contribution in [2.45, 2.75) is 6.18 Å². The van der Waals surface area contributed by atoms with E-state index in [9.17, 15) is 18.0 Å². The zero-order valence-electron chi connectivity index (χ0n) is 14.7. The summed E-state index contributed by atoms with van der Waals surface area (Å²) in [5, 5.41) is 2.75. The van der Waals surface area contributed by atoms with Gasteiger partial charge in [0.05, 0.1) is 24.6 Å². The summed E-state index contributed by atoms with van der Waals surface area (Å²) in [6, 6.07) is 8.28. The van der Waals surface area contributed by atoms with Gasteiger partial charge in [-0.1, -0.05) is 6.07 Å². The number of benzene rings is 1. The molecule has 0 atom stereocenters. The number of aromatic nitrogens is 1. The first kappa shape index (κ1) is 18.8. The molecule has 1 aliphatic rings. The Kier molecular flexibility index (Phi) is 5.38. The third-order valence-corrected chi connectivity index (χ3v) is 4.30. The molecule has 144 valence electrons. The van der Waals surface area contributed by atoms with E-state index in [0.29, 0.717) is 43.4 Å². The molecule has 1 aromatic carbocycles. The molecule has 0 aliphatic carbocycles. The van der Waals surface area contributed by atoms with Crippen LogP contribution in [0.5, 0.6) is 5.88 Å². The molecule has 3 rings (SSSR count). The summed E-state index contributed by atoms with van der Waals surface area (Å²) in [5.41, 5.74) is 0.373. The number of alkyl halides is 3. The van der Waals surface area contributed by atoms with Gasteiger partial charge in [-0.05, 0) is 24.3 Å². The molecule has 0 bridgehead atoms. The van der Waals surface area contributed by atoms with Crippen molar-refractivity contribution in [3.8, 4) is 5.88 Å². The lowest BCUT2D eigenvalue weighted by Gasteiger charge is -2.36. The largest absolute Gasteiger partial charge is 0.481 e. The van der Waals surface area contributed by atoms with Gasteiger partial charge in [0.2, 0.25) is 5.88 Å². The molecule has 0 spiro atoms. The summed E-state index contributed by atoms with van der Waals surface area (Å²) in [5.74, 6) is 0.447. The zero-order chi connectivity index (χ0) is 19.4. The third-order valence-electron chi connectivity index (χ3n) is 4.30. The quantitative estimate of drug-likeness (QED) is 0.886. The Morgan fingerprint density at radius 1 is 1.15 bits per heavy atom. The standard InChI is InChI=1S/C18H19F3N4O2/c1-27-16-6-5-14(12-22-16)23-17(26)25-9-7-24(8-10-25)15-4-2-3-13(11-15)18(19,20)21/h2-6,11-12H,7-10H2,1H3,(H,23,26). The number of methoxy groups -OCH3 is 1. The van der Waals surface area contributed by atoms with Gasteiger partial charge in [0.15, 0.2) is 0 Å². The number of nitrogens with zero attached hydrogens (tertiary/aromatic N) is 3. The number of anilines is 2. The Labute approximate surface area is 154 Å². The van der Waals surface area contributed by atoms with Crippen molar-refractivity contribution in [3.05, 3.63) is 48.2 Å². The molecule has 0 radical (unpaired) electrons. The van der Waals surface area contributed by atoms with Crippen LogP contribution in [0.1, 0.15) is 5.56 Å². The molecule has 2 heterocycles. The fourth-order valence-corrected chi connectivity index (χ4v) is 2.82. The lowest BCUT2D eigenvalue weighted by molar-refractivity contribution is -0.137. The summed E-state index contributed by atoms with van der Waals surface area (Å²) in [6.07, 6.45) is -2.88. The zero-order valence-corrected chi connectivity index (χ0v) is 14.7. The Morgan fingerprint density at radius 3 is 2.48 bits per heavy atom. The average Bonchev–Trinajstić information content (AvgIpc) is 2.68. The first-order chi connectivity index (χ1) is 12.9. The number of ether oxygens (including phenoxy) is 1. The van der Waals surface area contributed by atoms with E-state index in [1.165, 1.54) is 19.4 Å². The second kappa shape index (κ2) is 7.73. The van der Waals surface area contributed by atoms with Gasteiger partial charge in [0.25, 0.3) is 0 Å². The lowest BCUT2D eigenvalue weighted by Crippen LogP contribution is -2.50. The lowest BCUT2D eigenvalue weighted by atomic mass is 10.1. The normalized spacial score (nSPS) is 14.8. The van der Waals surface area contributed by atoms with Crippen LogP contribution in [0.3, 0.4) is 0 Å². The van der Waals surface area contributed by atoms with E-state index in [2.05, 4.69) is 10.3 Å². The summed E-state index contributed by atoms with van der Waals surface area (Å²) >= 11 is 0. The van der Waals surface area contributed by atoms with E-state index in [-0.39, 0.29) is 6.03 Å². The molecule has 2 aromatic rings. The molecule has 1 aromatic heterocycles. The number of pyridine rings is 1. The van der Waals surface area contributed by atoms with E-state index in [4.69, 9.17) is 4.74 Å². The van der Waals surface area contributed by atoms with E-state index in [0.717, 1.165) is 12.1 Å². The van der Waals surface area contributed by atoms with Crippen molar-refractivity contribution in [1.82, 2.24) is 9.88 Å².